The van der Waals surface area contributed by atoms with Crippen molar-refractivity contribution in [3.8, 4) is 0 Å². The maximum atomic E-state index is 6.26. The molecule has 13 heavy (non-hydrogen) atoms. The predicted molar refractivity (Wildman–Crippen MR) is 58.7 cm³/mol. The van der Waals surface area contributed by atoms with Gasteiger partial charge in [0.25, 0.3) is 0 Å². The second kappa shape index (κ2) is 3.28. The van der Waals surface area contributed by atoms with Gasteiger partial charge in [0.15, 0.2) is 0 Å². The number of nitrogens with zero attached hydrogens (tertiary/aromatic N) is 1. The number of halogens is 1. The molecule has 1 nitrogen and oxygen atoms in total. The topological polar surface area (TPSA) is 12.9 Å². The zero-order valence-electron chi connectivity index (χ0n) is 7.60. The van der Waals surface area contributed by atoms with Crippen LogP contribution in [0, 0.1) is 6.92 Å². The Bertz CT molecular complexity index is 447. The van der Waals surface area contributed by atoms with Gasteiger partial charge in [-0.15, -0.1) is 11.3 Å². The largest absolute Gasteiger partial charge is 0.252 e. The summed E-state index contributed by atoms with van der Waals surface area (Å²) in [7, 11) is 0. The maximum Gasteiger partial charge on any atom is 0.0828 e. The van der Waals surface area contributed by atoms with Gasteiger partial charge in [0, 0.05) is 5.69 Å². The molecular formula is C10H10ClNS. The summed E-state index contributed by atoms with van der Waals surface area (Å²) in [5.74, 6) is 0. The molecular weight excluding hydrogens is 202 g/mol. The van der Waals surface area contributed by atoms with E-state index in [1.165, 1.54) is 5.56 Å². The maximum absolute atomic E-state index is 6.26. The van der Waals surface area contributed by atoms with E-state index in [1.54, 1.807) is 11.3 Å². The first-order valence-corrected chi connectivity index (χ1v) is 5.52. The molecule has 0 bridgehead atoms. The van der Waals surface area contributed by atoms with Gasteiger partial charge < -0.3 is 0 Å². The van der Waals surface area contributed by atoms with Crippen molar-refractivity contribution in [1.29, 1.82) is 0 Å². The average Bonchev–Trinajstić information content (AvgIpc) is 2.53. The molecule has 0 unspecified atom stereocenters. The number of fused-ring (bicyclic) bond motifs is 1. The Morgan fingerprint density at radius 3 is 3.00 bits per heavy atom. The first-order valence-electron chi connectivity index (χ1n) is 4.26. The van der Waals surface area contributed by atoms with Crippen molar-refractivity contribution in [2.24, 2.45) is 0 Å². The van der Waals surface area contributed by atoms with Crippen molar-refractivity contribution in [1.82, 2.24) is 4.98 Å². The van der Waals surface area contributed by atoms with Crippen LogP contribution in [0.25, 0.3) is 10.2 Å². The van der Waals surface area contributed by atoms with Crippen LogP contribution >= 0.6 is 22.9 Å². The number of rotatable bonds is 1. The van der Waals surface area contributed by atoms with E-state index in [2.05, 4.69) is 11.9 Å². The third kappa shape index (κ3) is 1.34. The van der Waals surface area contributed by atoms with Crippen molar-refractivity contribution < 1.29 is 0 Å². The van der Waals surface area contributed by atoms with E-state index in [1.807, 2.05) is 18.4 Å². The van der Waals surface area contributed by atoms with Crippen LogP contribution in [-0.4, -0.2) is 4.98 Å². The highest BCUT2D eigenvalue weighted by atomic mass is 35.5. The van der Waals surface area contributed by atoms with Crippen LogP contribution in [0.5, 0.6) is 0 Å². The Kier molecular flexibility index (Phi) is 2.26. The molecule has 0 aliphatic carbocycles. The van der Waals surface area contributed by atoms with E-state index in [9.17, 15) is 0 Å². The van der Waals surface area contributed by atoms with E-state index in [-0.39, 0.29) is 0 Å². The smallest absolute Gasteiger partial charge is 0.0828 e. The Balaban J connectivity index is 2.85. The van der Waals surface area contributed by atoms with E-state index < -0.39 is 0 Å². The van der Waals surface area contributed by atoms with Gasteiger partial charge in [-0.05, 0) is 30.4 Å². The summed E-state index contributed by atoms with van der Waals surface area (Å²) in [6.45, 7) is 4.12. The van der Waals surface area contributed by atoms with Gasteiger partial charge in [-0.3, -0.25) is 4.98 Å². The van der Waals surface area contributed by atoms with Gasteiger partial charge in [-0.2, -0.15) is 0 Å². The Morgan fingerprint density at radius 2 is 2.31 bits per heavy atom. The first kappa shape index (κ1) is 8.97. The summed E-state index contributed by atoms with van der Waals surface area (Å²) in [4.78, 5) is 4.49. The highest BCUT2D eigenvalue weighted by molar-refractivity contribution is 7.17. The highest BCUT2D eigenvalue weighted by Crippen LogP contribution is 2.31. The van der Waals surface area contributed by atoms with Crippen LogP contribution in [-0.2, 0) is 6.42 Å². The third-order valence-corrected chi connectivity index (χ3v) is 3.64. The van der Waals surface area contributed by atoms with Crippen LogP contribution in [0.15, 0.2) is 11.4 Å². The Labute approximate surface area is 86.4 Å². The zero-order valence-corrected chi connectivity index (χ0v) is 9.17. The van der Waals surface area contributed by atoms with E-state index in [0.29, 0.717) is 0 Å². The molecule has 0 atom stereocenters. The minimum atomic E-state index is 0.889. The number of hydrogen-bond acceptors (Lipinski definition) is 2. The first-order chi connectivity index (χ1) is 6.24. The number of hydrogen-bond donors (Lipinski definition) is 0. The number of thiophene rings is 1. The number of aryl methyl sites for hydroxylation is 1. The van der Waals surface area contributed by atoms with E-state index in [0.717, 1.165) is 27.4 Å². The van der Waals surface area contributed by atoms with E-state index in [4.69, 9.17) is 11.6 Å². The lowest BCUT2D eigenvalue weighted by molar-refractivity contribution is 1.07. The predicted octanol–water partition coefficient (Wildman–Crippen LogP) is 3.82. The lowest BCUT2D eigenvalue weighted by Gasteiger charge is -2.05. The lowest BCUT2D eigenvalue weighted by Crippen LogP contribution is -1.92. The number of pyridine rings is 1. The molecule has 2 rings (SSSR count). The van der Waals surface area contributed by atoms with Gasteiger partial charge in [-0.1, -0.05) is 18.5 Å². The number of aromatic nitrogens is 1. The second-order valence-electron chi connectivity index (χ2n) is 2.98. The van der Waals surface area contributed by atoms with Crippen molar-refractivity contribution in [2.75, 3.05) is 0 Å². The fourth-order valence-corrected chi connectivity index (χ4v) is 2.80. The molecule has 2 heterocycles. The fraction of sp³-hybridized carbons (Fsp3) is 0.300. The van der Waals surface area contributed by atoms with Crippen LogP contribution in [0.2, 0.25) is 5.02 Å². The molecule has 2 aromatic heterocycles. The summed E-state index contributed by atoms with van der Waals surface area (Å²) in [6, 6.07) is 2.01. The molecule has 0 aliphatic heterocycles. The highest BCUT2D eigenvalue weighted by Gasteiger charge is 2.09. The molecule has 0 radical (unpaired) electrons. The standard InChI is InChI=1S/C10H10ClNS/c1-3-7-6(2)12-8-4-5-13-10(8)9(7)11/h4-5H,3H2,1-2H3. The monoisotopic (exact) mass is 211 g/mol. The molecule has 0 saturated heterocycles. The van der Waals surface area contributed by atoms with Crippen LogP contribution in [0.3, 0.4) is 0 Å². The van der Waals surface area contributed by atoms with Crippen molar-refractivity contribution >= 4 is 33.2 Å². The van der Waals surface area contributed by atoms with Gasteiger partial charge in [0.1, 0.15) is 0 Å². The summed E-state index contributed by atoms with van der Waals surface area (Å²) in [6.07, 6.45) is 0.950. The molecule has 0 fully saturated rings. The molecule has 0 saturated carbocycles. The molecule has 0 amide bonds. The molecule has 3 heteroatoms. The molecule has 0 aliphatic rings. The van der Waals surface area contributed by atoms with Crippen molar-refractivity contribution in [3.63, 3.8) is 0 Å². The zero-order chi connectivity index (χ0) is 9.42. The molecule has 0 spiro atoms. The minimum Gasteiger partial charge on any atom is -0.252 e. The van der Waals surface area contributed by atoms with Crippen molar-refractivity contribution in [2.45, 2.75) is 20.3 Å². The van der Waals surface area contributed by atoms with Gasteiger partial charge in [0.05, 0.1) is 15.2 Å². The van der Waals surface area contributed by atoms with Crippen molar-refractivity contribution in [3.05, 3.63) is 27.7 Å². The summed E-state index contributed by atoms with van der Waals surface area (Å²) >= 11 is 7.92. The van der Waals surface area contributed by atoms with Crippen LogP contribution < -0.4 is 0 Å². The molecule has 0 aromatic carbocycles. The summed E-state index contributed by atoms with van der Waals surface area (Å²) in [5.41, 5.74) is 3.25. The minimum absolute atomic E-state index is 0.889. The molecule has 0 N–H and O–H groups in total. The van der Waals surface area contributed by atoms with E-state index >= 15 is 0 Å². The van der Waals surface area contributed by atoms with Gasteiger partial charge in [0.2, 0.25) is 0 Å². The summed E-state index contributed by atoms with van der Waals surface area (Å²) in [5, 5.41) is 2.92. The van der Waals surface area contributed by atoms with Gasteiger partial charge in [-0.25, -0.2) is 0 Å². The third-order valence-electron chi connectivity index (χ3n) is 2.19. The van der Waals surface area contributed by atoms with Crippen LogP contribution in [0.1, 0.15) is 18.2 Å². The lowest BCUT2D eigenvalue weighted by atomic mass is 10.1. The fourth-order valence-electron chi connectivity index (χ4n) is 1.51. The second-order valence-corrected chi connectivity index (χ2v) is 4.27. The Morgan fingerprint density at radius 1 is 1.54 bits per heavy atom. The SMILES string of the molecule is CCc1c(C)nc2ccsc2c1Cl. The summed E-state index contributed by atoms with van der Waals surface area (Å²) < 4.78 is 1.11. The van der Waals surface area contributed by atoms with Gasteiger partial charge >= 0.3 is 0 Å². The molecule has 2 aromatic rings. The average molecular weight is 212 g/mol. The van der Waals surface area contributed by atoms with Crippen LogP contribution in [0.4, 0.5) is 0 Å². The molecule has 68 valence electrons. The quantitative estimate of drug-likeness (QED) is 0.699. The Hall–Kier alpha value is -0.600. The normalized spacial score (nSPS) is 11.0.